The van der Waals surface area contributed by atoms with E-state index in [1.165, 1.54) is 4.90 Å². The van der Waals surface area contributed by atoms with Crippen LogP contribution in [0.25, 0.3) is 11.0 Å². The fourth-order valence-electron chi connectivity index (χ4n) is 3.82. The third-order valence-electron chi connectivity index (χ3n) is 5.03. The van der Waals surface area contributed by atoms with Gasteiger partial charge in [-0.3, -0.25) is 19.3 Å². The van der Waals surface area contributed by atoms with E-state index in [1.807, 2.05) is 28.8 Å². The zero-order valence-corrected chi connectivity index (χ0v) is 15.1. The van der Waals surface area contributed by atoms with Gasteiger partial charge in [0.15, 0.2) is 0 Å². The summed E-state index contributed by atoms with van der Waals surface area (Å²) in [4.78, 5) is 42.4. The number of carbonyl (C=O) groups is 3. The second-order valence-corrected chi connectivity index (χ2v) is 7.63. The number of imide groups is 1. The Morgan fingerprint density at radius 2 is 2.04 bits per heavy atom. The predicted octanol–water partition coefficient (Wildman–Crippen LogP) is 2.16. The van der Waals surface area contributed by atoms with E-state index in [2.05, 4.69) is 10.3 Å². The van der Waals surface area contributed by atoms with Crippen LogP contribution in [0, 0.1) is 0 Å². The Bertz CT molecular complexity index is 849. The molecule has 0 radical (unpaired) electrons. The van der Waals surface area contributed by atoms with Crippen molar-refractivity contribution in [3.8, 4) is 0 Å². The first-order valence-electron chi connectivity index (χ1n) is 8.81. The molecule has 2 heterocycles. The first kappa shape index (κ1) is 17.1. The summed E-state index contributed by atoms with van der Waals surface area (Å²) in [6.45, 7) is 0.167. The predicted molar refractivity (Wildman–Crippen MR) is 98.6 cm³/mol. The lowest BCUT2D eigenvalue weighted by atomic mass is 9.89. The van der Waals surface area contributed by atoms with Gasteiger partial charge >= 0.3 is 0 Å². The normalized spacial score (nSPS) is 23.6. The highest BCUT2D eigenvalue weighted by Crippen LogP contribution is 2.30. The second kappa shape index (κ2) is 7.11. The molecule has 2 fully saturated rings. The lowest BCUT2D eigenvalue weighted by Gasteiger charge is -2.36. The number of nitrogens with zero attached hydrogens (tertiary/aromatic N) is 3. The standard InChI is InChI=1S/C18H20N4O3S/c23-16(9-21-11-19-12-5-1-3-7-14(12)21)20-13-6-2-4-8-15(13)22-17(24)10-26-18(22)25/h1,3,5,7,11,13,15H,2,4,6,8-10H2,(H,20,23)/t13-,15+/m0/s1. The molecule has 26 heavy (non-hydrogen) atoms. The number of carbonyl (C=O) groups excluding carboxylic acids is 3. The van der Waals surface area contributed by atoms with Crippen LogP contribution < -0.4 is 5.32 Å². The number of benzene rings is 1. The highest BCUT2D eigenvalue weighted by molar-refractivity contribution is 8.14. The van der Waals surface area contributed by atoms with Gasteiger partial charge in [-0.15, -0.1) is 0 Å². The Balaban J connectivity index is 1.47. The Morgan fingerprint density at radius 1 is 1.23 bits per heavy atom. The third-order valence-corrected chi connectivity index (χ3v) is 5.87. The van der Waals surface area contributed by atoms with Gasteiger partial charge in [0, 0.05) is 6.04 Å². The topological polar surface area (TPSA) is 84.3 Å². The lowest BCUT2D eigenvalue weighted by Crippen LogP contribution is -2.55. The van der Waals surface area contributed by atoms with Crippen LogP contribution in [0.2, 0.25) is 0 Å². The van der Waals surface area contributed by atoms with Gasteiger partial charge in [-0.1, -0.05) is 36.7 Å². The van der Waals surface area contributed by atoms with Gasteiger partial charge in [-0.05, 0) is 25.0 Å². The molecule has 1 aromatic heterocycles. The average Bonchev–Trinajstić information content (AvgIpc) is 3.19. The summed E-state index contributed by atoms with van der Waals surface area (Å²) in [5, 5.41) is 2.85. The van der Waals surface area contributed by atoms with E-state index in [9.17, 15) is 14.4 Å². The van der Waals surface area contributed by atoms with Crippen molar-refractivity contribution in [3.63, 3.8) is 0 Å². The van der Waals surface area contributed by atoms with Gasteiger partial charge in [0.1, 0.15) is 6.54 Å². The minimum Gasteiger partial charge on any atom is -0.350 e. The van der Waals surface area contributed by atoms with Crippen molar-refractivity contribution in [2.75, 3.05) is 5.75 Å². The number of imidazole rings is 1. The van der Waals surface area contributed by atoms with E-state index in [0.29, 0.717) is 0 Å². The fraction of sp³-hybridized carbons (Fsp3) is 0.444. The fourth-order valence-corrected chi connectivity index (χ4v) is 4.58. The summed E-state index contributed by atoms with van der Waals surface area (Å²) in [5.41, 5.74) is 1.75. The molecule has 1 aliphatic heterocycles. The van der Waals surface area contributed by atoms with E-state index in [0.717, 1.165) is 48.5 Å². The highest BCUT2D eigenvalue weighted by Gasteiger charge is 2.41. The van der Waals surface area contributed by atoms with Crippen molar-refractivity contribution < 1.29 is 14.4 Å². The molecule has 0 unspecified atom stereocenters. The number of amides is 3. The summed E-state index contributed by atoms with van der Waals surface area (Å²) in [7, 11) is 0. The first-order valence-corrected chi connectivity index (χ1v) is 9.80. The summed E-state index contributed by atoms with van der Waals surface area (Å²) >= 11 is 1.05. The van der Waals surface area contributed by atoms with Gasteiger partial charge in [0.25, 0.3) is 5.24 Å². The number of hydrogen-bond acceptors (Lipinski definition) is 5. The third kappa shape index (κ3) is 3.21. The molecule has 7 nitrogen and oxygen atoms in total. The van der Waals surface area contributed by atoms with Gasteiger partial charge < -0.3 is 9.88 Å². The van der Waals surface area contributed by atoms with Crippen LogP contribution in [-0.4, -0.2) is 49.3 Å². The Labute approximate surface area is 155 Å². The van der Waals surface area contributed by atoms with Crippen molar-refractivity contribution >= 4 is 39.8 Å². The first-order chi connectivity index (χ1) is 12.6. The number of para-hydroxylation sites is 2. The molecule has 136 valence electrons. The Morgan fingerprint density at radius 3 is 2.85 bits per heavy atom. The van der Waals surface area contributed by atoms with E-state index >= 15 is 0 Å². The number of nitrogens with one attached hydrogen (secondary N) is 1. The summed E-state index contributed by atoms with van der Waals surface area (Å²) in [6.07, 6.45) is 5.14. The molecule has 1 N–H and O–H groups in total. The van der Waals surface area contributed by atoms with Gasteiger partial charge in [0.2, 0.25) is 11.8 Å². The molecule has 0 spiro atoms. The van der Waals surface area contributed by atoms with Crippen LogP contribution >= 0.6 is 11.8 Å². The monoisotopic (exact) mass is 372 g/mol. The molecule has 2 aliphatic rings. The van der Waals surface area contributed by atoms with Crippen LogP contribution in [0.5, 0.6) is 0 Å². The molecule has 2 atom stereocenters. The maximum atomic E-state index is 12.6. The molecule has 0 bridgehead atoms. The van der Waals surface area contributed by atoms with E-state index in [-0.39, 0.29) is 41.4 Å². The van der Waals surface area contributed by atoms with Crippen molar-refractivity contribution in [1.29, 1.82) is 0 Å². The molecule has 1 aliphatic carbocycles. The number of aromatic nitrogens is 2. The quantitative estimate of drug-likeness (QED) is 0.889. The molecule has 1 saturated carbocycles. The molecular formula is C18H20N4O3S. The second-order valence-electron chi connectivity index (χ2n) is 6.71. The summed E-state index contributed by atoms with van der Waals surface area (Å²) in [6, 6.07) is 7.24. The Hall–Kier alpha value is -2.35. The van der Waals surface area contributed by atoms with E-state index in [4.69, 9.17) is 0 Å². The van der Waals surface area contributed by atoms with E-state index < -0.39 is 0 Å². The largest absolute Gasteiger partial charge is 0.350 e. The lowest BCUT2D eigenvalue weighted by molar-refractivity contribution is -0.129. The smallest absolute Gasteiger partial charge is 0.289 e. The van der Waals surface area contributed by atoms with E-state index in [1.54, 1.807) is 6.33 Å². The Kier molecular flexibility index (Phi) is 4.67. The van der Waals surface area contributed by atoms with Gasteiger partial charge in [0.05, 0.1) is 29.2 Å². The van der Waals surface area contributed by atoms with Crippen LogP contribution in [0.3, 0.4) is 0 Å². The van der Waals surface area contributed by atoms with Crippen molar-refractivity contribution in [2.24, 2.45) is 0 Å². The number of thioether (sulfide) groups is 1. The zero-order chi connectivity index (χ0) is 18.1. The maximum Gasteiger partial charge on any atom is 0.289 e. The SMILES string of the molecule is O=C(Cn1cnc2ccccc21)N[C@H]1CCCC[C@H]1N1C(=O)CSC1=O. The van der Waals surface area contributed by atoms with Crippen LogP contribution in [0.15, 0.2) is 30.6 Å². The van der Waals surface area contributed by atoms with Gasteiger partial charge in [-0.25, -0.2) is 4.98 Å². The molecule has 4 rings (SSSR count). The molecule has 3 amide bonds. The average molecular weight is 372 g/mol. The van der Waals surface area contributed by atoms with Crippen LogP contribution in [-0.2, 0) is 16.1 Å². The molecular weight excluding hydrogens is 352 g/mol. The number of hydrogen-bond donors (Lipinski definition) is 1. The molecule has 1 aromatic carbocycles. The maximum absolute atomic E-state index is 12.6. The summed E-state index contributed by atoms with van der Waals surface area (Å²) < 4.78 is 1.81. The summed E-state index contributed by atoms with van der Waals surface area (Å²) in [5.74, 6) is -0.0691. The molecule has 8 heteroatoms. The molecule has 2 aromatic rings. The number of rotatable bonds is 4. The van der Waals surface area contributed by atoms with Gasteiger partial charge in [-0.2, -0.15) is 0 Å². The van der Waals surface area contributed by atoms with Crippen LogP contribution in [0.4, 0.5) is 4.79 Å². The highest BCUT2D eigenvalue weighted by atomic mass is 32.2. The van der Waals surface area contributed by atoms with Crippen molar-refractivity contribution in [1.82, 2.24) is 19.8 Å². The minimum absolute atomic E-state index is 0.128. The zero-order valence-electron chi connectivity index (χ0n) is 14.3. The van der Waals surface area contributed by atoms with Crippen molar-refractivity contribution in [3.05, 3.63) is 30.6 Å². The van der Waals surface area contributed by atoms with Crippen molar-refractivity contribution in [2.45, 2.75) is 44.3 Å². The number of fused-ring (bicyclic) bond motifs is 1. The van der Waals surface area contributed by atoms with Crippen LogP contribution in [0.1, 0.15) is 25.7 Å². The molecule has 1 saturated heterocycles. The minimum atomic E-state index is -0.234.